The zero-order valence-electron chi connectivity index (χ0n) is 28.6. The molecule has 0 saturated heterocycles. The molecule has 1 aliphatic rings. The highest BCUT2D eigenvalue weighted by Gasteiger charge is 2.26. The summed E-state index contributed by atoms with van der Waals surface area (Å²) in [6, 6.07) is 31.8. The van der Waals surface area contributed by atoms with Crippen molar-refractivity contribution in [3.05, 3.63) is 143 Å². The lowest BCUT2D eigenvalue weighted by molar-refractivity contribution is 0.201. The number of pyridine rings is 1. The second-order valence-corrected chi connectivity index (χ2v) is 14.2. The van der Waals surface area contributed by atoms with Gasteiger partial charge in [0.1, 0.15) is 11.5 Å². The summed E-state index contributed by atoms with van der Waals surface area (Å²) in [7, 11) is 0.943. The molecule has 4 aromatic carbocycles. The first-order chi connectivity index (χ1) is 24.4. The topological polar surface area (TPSA) is 87.2 Å². The van der Waals surface area contributed by atoms with Gasteiger partial charge in [-0.2, -0.15) is 4.31 Å². The predicted octanol–water partition coefficient (Wildman–Crippen LogP) is 8.41. The van der Waals surface area contributed by atoms with Crippen LogP contribution in [0, 0.1) is 0 Å². The number of aromatic nitrogens is 1. The maximum atomic E-state index is 14.3. The lowest BCUT2D eigenvalue weighted by Crippen LogP contribution is -2.30. The molecular weight excluding hydrogens is 649 g/mol. The Morgan fingerprint density at radius 2 is 1.26 bits per heavy atom. The molecular formula is C41H42N2O6S. The Kier molecular flexibility index (Phi) is 11.2. The van der Waals surface area contributed by atoms with E-state index in [9.17, 15) is 8.42 Å². The fourth-order valence-corrected chi connectivity index (χ4v) is 7.55. The number of sulfonamides is 1. The summed E-state index contributed by atoms with van der Waals surface area (Å²) in [6.07, 6.45) is 10.1. The first-order valence-electron chi connectivity index (χ1n) is 16.7. The van der Waals surface area contributed by atoms with Crippen LogP contribution in [0.15, 0.2) is 120 Å². The summed E-state index contributed by atoms with van der Waals surface area (Å²) in [4.78, 5) is 4.38. The number of hydrogen-bond acceptors (Lipinski definition) is 7. The first-order valence-corrected chi connectivity index (χ1v) is 18.1. The normalized spacial score (nSPS) is 13.7. The van der Waals surface area contributed by atoms with Gasteiger partial charge in [0.15, 0.2) is 11.5 Å². The molecule has 258 valence electrons. The summed E-state index contributed by atoms with van der Waals surface area (Å²) in [5.41, 5.74) is 5.34. The van der Waals surface area contributed by atoms with Crippen LogP contribution >= 0.6 is 0 Å². The highest BCUT2D eigenvalue weighted by molar-refractivity contribution is 7.89. The van der Waals surface area contributed by atoms with E-state index in [4.69, 9.17) is 18.9 Å². The molecule has 50 heavy (non-hydrogen) atoms. The van der Waals surface area contributed by atoms with Crippen LogP contribution in [0.25, 0.3) is 11.6 Å². The van der Waals surface area contributed by atoms with Gasteiger partial charge in [0, 0.05) is 25.5 Å². The Bertz CT molecular complexity index is 1940. The maximum absolute atomic E-state index is 14.3. The molecule has 0 bridgehead atoms. The van der Waals surface area contributed by atoms with E-state index in [1.165, 1.54) is 4.31 Å². The Morgan fingerprint density at radius 3 is 1.80 bits per heavy atom. The highest BCUT2D eigenvalue weighted by Crippen LogP contribution is 2.37. The molecule has 1 aromatic heterocycles. The molecule has 6 rings (SSSR count). The number of benzene rings is 4. The van der Waals surface area contributed by atoms with E-state index in [0.717, 1.165) is 59.1 Å². The first kappa shape index (κ1) is 34.7. The Labute approximate surface area is 295 Å². The monoisotopic (exact) mass is 690 g/mol. The van der Waals surface area contributed by atoms with E-state index >= 15 is 0 Å². The second kappa shape index (κ2) is 16.1. The molecule has 0 aliphatic heterocycles. The van der Waals surface area contributed by atoms with Gasteiger partial charge in [-0.05, 0) is 126 Å². The largest absolute Gasteiger partial charge is 0.497 e. The molecule has 0 N–H and O–H groups in total. The van der Waals surface area contributed by atoms with Crippen molar-refractivity contribution < 1.29 is 27.4 Å². The van der Waals surface area contributed by atoms with Crippen molar-refractivity contribution >= 4 is 21.7 Å². The minimum absolute atomic E-state index is 0.162. The molecule has 9 heteroatoms. The van der Waals surface area contributed by atoms with Crippen molar-refractivity contribution in [1.29, 1.82) is 0 Å². The maximum Gasteiger partial charge on any atom is 0.243 e. The quantitative estimate of drug-likeness (QED) is 0.116. The van der Waals surface area contributed by atoms with Crippen LogP contribution in [0.2, 0.25) is 0 Å². The van der Waals surface area contributed by atoms with Crippen LogP contribution in [-0.4, -0.2) is 45.1 Å². The van der Waals surface area contributed by atoms with Crippen molar-refractivity contribution in [1.82, 2.24) is 9.29 Å². The van der Waals surface area contributed by atoms with E-state index in [1.807, 2.05) is 91.0 Å². The third kappa shape index (κ3) is 8.35. The van der Waals surface area contributed by atoms with Gasteiger partial charge in [-0.3, -0.25) is 4.98 Å². The van der Waals surface area contributed by atoms with Crippen LogP contribution in [0.4, 0.5) is 0 Å². The number of rotatable bonds is 14. The van der Waals surface area contributed by atoms with Crippen molar-refractivity contribution in [2.24, 2.45) is 0 Å². The fraction of sp³-hybridized carbons (Fsp3) is 0.244. The Balaban J connectivity index is 1.35. The van der Waals surface area contributed by atoms with Gasteiger partial charge in [-0.1, -0.05) is 42.5 Å². The van der Waals surface area contributed by atoms with Crippen LogP contribution in [0.1, 0.15) is 53.5 Å². The predicted molar refractivity (Wildman–Crippen MR) is 196 cm³/mol. The van der Waals surface area contributed by atoms with Crippen molar-refractivity contribution in [2.45, 2.75) is 49.8 Å². The standard InChI is InChI=1S/C41H42N2O6S/c1-46-35-15-8-31(9-16-35)28-43(29-32-10-17-36(47-2)18-11-32)50(44,45)38-19-12-33(13-20-38)39(26-30-22-24-42-25-23-30)34-14-21-40(48-3)41(27-34)49-37-6-4-5-7-37/h8-27,37H,4-7,28-29H2,1-3H3. The molecule has 0 unspecified atom stereocenters. The van der Waals surface area contributed by atoms with Crippen molar-refractivity contribution in [3.8, 4) is 23.0 Å². The molecule has 0 amide bonds. The molecule has 1 fully saturated rings. The van der Waals surface area contributed by atoms with Gasteiger partial charge < -0.3 is 18.9 Å². The number of nitrogens with zero attached hydrogens (tertiary/aromatic N) is 2. The molecule has 8 nitrogen and oxygen atoms in total. The number of ether oxygens (including phenoxy) is 4. The van der Waals surface area contributed by atoms with Gasteiger partial charge in [-0.15, -0.1) is 0 Å². The molecule has 5 aromatic rings. The van der Waals surface area contributed by atoms with Crippen molar-refractivity contribution in [3.63, 3.8) is 0 Å². The summed E-state index contributed by atoms with van der Waals surface area (Å²) in [5.74, 6) is 2.79. The molecule has 0 atom stereocenters. The summed E-state index contributed by atoms with van der Waals surface area (Å²) < 4.78 is 52.9. The smallest absolute Gasteiger partial charge is 0.243 e. The zero-order chi connectivity index (χ0) is 34.9. The summed E-state index contributed by atoms with van der Waals surface area (Å²) in [5, 5.41) is 0. The van der Waals surface area contributed by atoms with Crippen LogP contribution in [0.3, 0.4) is 0 Å². The lowest BCUT2D eigenvalue weighted by Gasteiger charge is -2.23. The molecule has 1 heterocycles. The SMILES string of the molecule is COc1ccc(CN(Cc2ccc(OC)cc2)S(=O)(=O)c2ccc(C(=Cc3ccncc3)c3ccc(OC)c(OC4CCCC4)c3)cc2)cc1. The third-order valence-corrected chi connectivity index (χ3v) is 10.7. The minimum Gasteiger partial charge on any atom is -0.497 e. The van der Waals surface area contributed by atoms with Gasteiger partial charge in [0.05, 0.1) is 32.3 Å². The van der Waals surface area contributed by atoms with E-state index < -0.39 is 10.0 Å². The van der Waals surface area contributed by atoms with Crippen LogP contribution < -0.4 is 18.9 Å². The average molecular weight is 691 g/mol. The van der Waals surface area contributed by atoms with Crippen LogP contribution in [-0.2, 0) is 23.1 Å². The second-order valence-electron chi connectivity index (χ2n) is 12.2. The third-order valence-electron chi connectivity index (χ3n) is 8.93. The van der Waals surface area contributed by atoms with E-state index in [2.05, 4.69) is 11.1 Å². The summed E-state index contributed by atoms with van der Waals surface area (Å²) >= 11 is 0. The fourth-order valence-electron chi connectivity index (χ4n) is 6.13. The molecule has 0 spiro atoms. The Hall–Kier alpha value is -5.12. The van der Waals surface area contributed by atoms with Gasteiger partial charge in [-0.25, -0.2) is 8.42 Å². The van der Waals surface area contributed by atoms with Crippen LogP contribution in [0.5, 0.6) is 23.0 Å². The lowest BCUT2D eigenvalue weighted by atomic mass is 9.95. The van der Waals surface area contributed by atoms with Crippen molar-refractivity contribution in [2.75, 3.05) is 21.3 Å². The van der Waals surface area contributed by atoms with Gasteiger partial charge in [0.25, 0.3) is 0 Å². The molecule has 0 radical (unpaired) electrons. The number of hydrogen-bond donors (Lipinski definition) is 0. The van der Waals surface area contributed by atoms with E-state index in [-0.39, 0.29) is 24.1 Å². The van der Waals surface area contributed by atoms with E-state index in [1.54, 1.807) is 45.9 Å². The minimum atomic E-state index is -3.92. The summed E-state index contributed by atoms with van der Waals surface area (Å²) in [6.45, 7) is 0.367. The van der Waals surface area contributed by atoms with Gasteiger partial charge in [0.2, 0.25) is 10.0 Å². The Morgan fingerprint density at radius 1 is 0.700 bits per heavy atom. The molecule has 1 aliphatic carbocycles. The number of methoxy groups -OCH3 is 3. The van der Waals surface area contributed by atoms with E-state index in [0.29, 0.717) is 23.0 Å². The van der Waals surface area contributed by atoms with Gasteiger partial charge >= 0.3 is 0 Å². The average Bonchev–Trinajstić information content (AvgIpc) is 3.68. The zero-order valence-corrected chi connectivity index (χ0v) is 29.4. The highest BCUT2D eigenvalue weighted by atomic mass is 32.2. The molecule has 1 saturated carbocycles.